The molecule has 2 N–H and O–H groups in total. The van der Waals surface area contributed by atoms with E-state index in [0.29, 0.717) is 23.8 Å². The summed E-state index contributed by atoms with van der Waals surface area (Å²) in [4.78, 5) is 0. The molecule has 4 rings (SSSR count). The minimum Gasteiger partial charge on any atom is -0.726 e. The Morgan fingerprint density at radius 2 is 1.66 bits per heavy atom. The second-order valence-corrected chi connectivity index (χ2v) is 15.4. The number of aliphatic hydroxyl groups excluding tert-OH is 2. The van der Waals surface area contributed by atoms with Gasteiger partial charge in [-0.25, -0.2) is 16.8 Å². The predicted molar refractivity (Wildman–Crippen MR) is 140 cm³/mol. The Hall–Kier alpha value is 1.40. The summed E-state index contributed by atoms with van der Waals surface area (Å²) >= 11 is 0. The Bertz CT molecular complexity index is 1150. The third-order valence-corrected chi connectivity index (χ3v) is 11.7. The van der Waals surface area contributed by atoms with Crippen LogP contribution >= 0.6 is 0 Å². The second kappa shape index (κ2) is 14.4. The van der Waals surface area contributed by atoms with Gasteiger partial charge in [0.1, 0.15) is 12.2 Å². The molecule has 0 aromatic rings. The maximum Gasteiger partial charge on any atom is 1.00 e. The predicted octanol–water partition coefficient (Wildman–Crippen LogP) is -2.72. The van der Waals surface area contributed by atoms with E-state index in [2.05, 4.69) is 25.0 Å². The van der Waals surface area contributed by atoms with Crippen LogP contribution in [0.2, 0.25) is 0 Å². The molecule has 3 saturated carbocycles. The Morgan fingerprint density at radius 1 is 1.00 bits per heavy atom. The molecule has 0 aromatic heterocycles. The number of allylic oxidation sites excluding steroid dienone is 1. The van der Waals surface area contributed by atoms with E-state index in [1.54, 1.807) is 0 Å². The van der Waals surface area contributed by atoms with Gasteiger partial charge in [0.2, 0.25) is 20.8 Å². The van der Waals surface area contributed by atoms with Gasteiger partial charge >= 0.3 is 59.1 Å². The van der Waals surface area contributed by atoms with Crippen LogP contribution in [0, 0.1) is 46.3 Å². The maximum atomic E-state index is 11.3. The molecule has 4 aliphatic rings. The fraction of sp³-hybridized carbons (Fsp3) is 0.926. The first-order valence-electron chi connectivity index (χ1n) is 14.3. The molecule has 41 heavy (non-hydrogen) atoms. The summed E-state index contributed by atoms with van der Waals surface area (Å²) in [5.41, 5.74) is 0.0149. The first-order valence-corrected chi connectivity index (χ1v) is 16.9. The topological polar surface area (TPSA) is 173 Å². The molecule has 10 nitrogen and oxygen atoms in total. The molecule has 0 heterocycles. The van der Waals surface area contributed by atoms with Crippen LogP contribution in [0.15, 0.2) is 11.6 Å². The number of hydrogen-bond acceptors (Lipinski definition) is 10. The second-order valence-electron chi connectivity index (χ2n) is 13.4. The van der Waals surface area contributed by atoms with Crippen LogP contribution in [0.3, 0.4) is 0 Å². The van der Waals surface area contributed by atoms with E-state index in [1.807, 2.05) is 13.0 Å². The van der Waals surface area contributed by atoms with Crippen molar-refractivity contribution in [2.24, 2.45) is 46.3 Å². The van der Waals surface area contributed by atoms with Gasteiger partial charge in [0.25, 0.3) is 0 Å². The monoisotopic (exact) mass is 638 g/mol. The average molecular weight is 639 g/mol. The Kier molecular flexibility index (Phi) is 13.6. The minimum atomic E-state index is -5.10. The zero-order chi connectivity index (χ0) is 29.0. The van der Waals surface area contributed by atoms with Crippen LogP contribution in [-0.2, 0) is 29.2 Å². The smallest absolute Gasteiger partial charge is 0.726 e. The first-order chi connectivity index (χ1) is 18.0. The fourth-order valence-electron chi connectivity index (χ4n) is 9.21. The average Bonchev–Trinajstić information content (AvgIpc) is 3.14. The van der Waals surface area contributed by atoms with Crippen molar-refractivity contribution in [2.75, 3.05) is 6.61 Å². The molecule has 0 bridgehead atoms. The van der Waals surface area contributed by atoms with Crippen LogP contribution in [-0.4, -0.2) is 61.1 Å². The molecule has 0 aliphatic heterocycles. The van der Waals surface area contributed by atoms with E-state index in [-0.39, 0.29) is 101 Å². The van der Waals surface area contributed by atoms with Gasteiger partial charge in [0.15, 0.2) is 0 Å². The summed E-state index contributed by atoms with van der Waals surface area (Å²) in [5.74, 6) is 1.50. The molecule has 0 radical (unpaired) electrons. The van der Waals surface area contributed by atoms with E-state index in [1.165, 1.54) is 0 Å². The quantitative estimate of drug-likeness (QED) is 0.111. The molecule has 14 heteroatoms. The molecule has 3 fully saturated rings. The molecule has 3 unspecified atom stereocenters. The third-order valence-electron chi connectivity index (χ3n) is 10.8. The Labute approximate surface area is 290 Å². The van der Waals surface area contributed by atoms with Crippen molar-refractivity contribution in [1.82, 2.24) is 0 Å². The molecule has 0 spiro atoms. The van der Waals surface area contributed by atoms with Gasteiger partial charge in [-0.3, -0.25) is 8.37 Å². The van der Waals surface area contributed by atoms with Crippen LogP contribution in [0.1, 0.15) is 85.5 Å². The van der Waals surface area contributed by atoms with Gasteiger partial charge in [-0.05, 0) is 96.9 Å². The van der Waals surface area contributed by atoms with E-state index < -0.39 is 44.5 Å². The summed E-state index contributed by atoms with van der Waals surface area (Å²) in [6.45, 7) is 8.53. The van der Waals surface area contributed by atoms with Crippen molar-refractivity contribution in [2.45, 2.75) is 104 Å². The largest absolute Gasteiger partial charge is 1.00 e. The SMILES string of the molecule is CC(C)CCC[C@@H](COS(=O)(=O)[O-])[C@H]1CCC2C3CC=C4[C@@H](O)[C@H](OS(=O)(=O)[O-])[C@H](O)C[C@]4(C)C3CC[C@@]21C.[Na+].[Na+]. The Morgan fingerprint density at radius 3 is 2.24 bits per heavy atom. The van der Waals surface area contributed by atoms with E-state index in [0.717, 1.165) is 44.9 Å². The van der Waals surface area contributed by atoms with Gasteiger partial charge in [-0.2, -0.15) is 0 Å². The molecule has 10 atom stereocenters. The molecule has 0 saturated heterocycles. The van der Waals surface area contributed by atoms with Gasteiger partial charge < -0.3 is 19.3 Å². The van der Waals surface area contributed by atoms with Crippen molar-refractivity contribution in [1.29, 1.82) is 0 Å². The number of hydrogen-bond donors (Lipinski definition) is 2. The molecule has 4 aliphatic carbocycles. The number of rotatable bonds is 10. The summed E-state index contributed by atoms with van der Waals surface area (Å²) in [6.07, 6.45) is 5.02. The third kappa shape index (κ3) is 8.41. The molecule has 0 aromatic carbocycles. The number of aliphatic hydroxyl groups is 2. The minimum absolute atomic E-state index is 0. The molecule has 0 amide bonds. The zero-order valence-corrected chi connectivity index (χ0v) is 31.0. The van der Waals surface area contributed by atoms with E-state index in [4.69, 9.17) is 4.18 Å². The zero-order valence-electron chi connectivity index (χ0n) is 25.3. The maximum absolute atomic E-state index is 11.3. The van der Waals surface area contributed by atoms with Crippen molar-refractivity contribution in [3.8, 4) is 0 Å². The van der Waals surface area contributed by atoms with Gasteiger partial charge in [-0.15, -0.1) is 0 Å². The van der Waals surface area contributed by atoms with Gasteiger partial charge in [0.05, 0.1) is 12.7 Å². The molecular weight excluding hydrogens is 594 g/mol. The van der Waals surface area contributed by atoms with Gasteiger partial charge in [-0.1, -0.05) is 46.6 Å². The molecule has 226 valence electrons. The summed E-state index contributed by atoms with van der Waals surface area (Å²) in [6, 6.07) is 0. The van der Waals surface area contributed by atoms with Crippen LogP contribution in [0.5, 0.6) is 0 Å². The van der Waals surface area contributed by atoms with E-state index in [9.17, 15) is 36.2 Å². The normalized spacial score (nSPS) is 39.4. The fourth-order valence-corrected chi connectivity index (χ4v) is 10.1. The summed E-state index contributed by atoms with van der Waals surface area (Å²) in [5, 5.41) is 21.8. The van der Waals surface area contributed by atoms with Crippen LogP contribution in [0.4, 0.5) is 0 Å². The van der Waals surface area contributed by atoms with Crippen LogP contribution < -0.4 is 59.1 Å². The molecular formula is C27H44Na2O10S2. The first kappa shape index (κ1) is 38.6. The van der Waals surface area contributed by atoms with Crippen LogP contribution in [0.25, 0.3) is 0 Å². The summed E-state index contributed by atoms with van der Waals surface area (Å²) < 4.78 is 77.0. The van der Waals surface area contributed by atoms with Gasteiger partial charge in [0, 0.05) is 0 Å². The summed E-state index contributed by atoms with van der Waals surface area (Å²) in [7, 11) is -9.87. The van der Waals surface area contributed by atoms with Crippen molar-refractivity contribution >= 4 is 20.8 Å². The number of fused-ring (bicyclic) bond motifs is 5. The standard InChI is InChI=1S/C27H46O10S2.2Na/c1-16(2)6-5-7-17(15-36-38(30,31)32)19-10-11-20-18-8-9-22-24(29)25(37-39(33,34)35)23(28)14-27(22,4)21(18)12-13-26(19,20)3;;/h9,16-21,23-25,28-29H,5-8,10-15H2,1-4H3,(H,30,31,32)(H,33,34,35);;/q;2*+1/p-2/t17-,18?,19+,20?,21?,23+,24+,25+,26+,27+;;/m0../s1. The van der Waals surface area contributed by atoms with E-state index >= 15 is 0 Å². The van der Waals surface area contributed by atoms with Crippen molar-refractivity contribution in [3.05, 3.63) is 11.6 Å². The Balaban J connectivity index is 0.00000294. The van der Waals surface area contributed by atoms with Crippen molar-refractivity contribution in [3.63, 3.8) is 0 Å². The van der Waals surface area contributed by atoms with Crippen molar-refractivity contribution < 1.29 is 104 Å².